The lowest BCUT2D eigenvalue weighted by Gasteiger charge is -2.29. The molecule has 5 N–H and O–H groups in total. The second-order valence-electron chi connectivity index (χ2n) is 4.18. The number of hydrogen-bond donors (Lipinski definition) is 4. The van der Waals surface area contributed by atoms with Gasteiger partial charge in [-0.1, -0.05) is 12.5 Å². The Morgan fingerprint density at radius 2 is 2.32 bits per heavy atom. The molecule has 0 aromatic carbocycles. The molecule has 2 aliphatic rings. The number of amidine groups is 1. The Morgan fingerprint density at radius 1 is 1.63 bits per heavy atom. The van der Waals surface area contributed by atoms with Crippen LogP contribution in [0, 0.1) is 12.3 Å². The van der Waals surface area contributed by atoms with E-state index in [2.05, 4.69) is 22.6 Å². The summed E-state index contributed by atoms with van der Waals surface area (Å²) in [5.74, 6) is 2.43. The lowest BCUT2D eigenvalue weighted by molar-refractivity contribution is -0.113. The van der Waals surface area contributed by atoms with Gasteiger partial charge in [-0.05, 0) is 0 Å². The molecular weight excluding hydrogens is 252 g/mol. The summed E-state index contributed by atoms with van der Waals surface area (Å²) < 4.78 is 5.37. The summed E-state index contributed by atoms with van der Waals surface area (Å²) >= 11 is 0. The van der Waals surface area contributed by atoms with Gasteiger partial charge in [-0.3, -0.25) is 0 Å². The Morgan fingerprint density at radius 3 is 2.79 bits per heavy atom. The first-order chi connectivity index (χ1) is 8.95. The Hall–Kier alpha value is -1.92. The molecule has 2 aliphatic heterocycles. The molecule has 102 valence electrons. The molecule has 0 radical (unpaired) electrons. The van der Waals surface area contributed by atoms with Gasteiger partial charge in [-0.25, -0.2) is 10.0 Å². The van der Waals surface area contributed by atoms with E-state index >= 15 is 0 Å². The van der Waals surface area contributed by atoms with Gasteiger partial charge in [0, 0.05) is 0 Å². The van der Waals surface area contributed by atoms with Gasteiger partial charge in [0.05, 0.1) is 12.8 Å². The number of ether oxygens (including phenoxy) is 1. The molecule has 0 saturated carbocycles. The van der Waals surface area contributed by atoms with E-state index in [1.165, 1.54) is 6.21 Å². The van der Waals surface area contributed by atoms with Crippen molar-refractivity contribution in [3.63, 3.8) is 0 Å². The standard InChI is InChI=1S/C11H14N4O4/c1-3-11(5-16)9(18)8(17)10(19-11)15-6(2)14-7(12)4-13-15/h1,4,8-10,16-18H,2,5H2,(H2,12,14). The number of hydrogen-bond acceptors (Lipinski definition) is 8. The summed E-state index contributed by atoms with van der Waals surface area (Å²) in [5.41, 5.74) is 3.75. The van der Waals surface area contributed by atoms with Crippen molar-refractivity contribution in [2.75, 3.05) is 6.61 Å². The highest BCUT2D eigenvalue weighted by Gasteiger charge is 2.55. The van der Waals surface area contributed by atoms with E-state index in [4.69, 9.17) is 16.9 Å². The zero-order chi connectivity index (χ0) is 14.2. The number of nitrogens with zero attached hydrogens (tertiary/aromatic N) is 3. The largest absolute Gasteiger partial charge is 0.392 e. The molecule has 0 aliphatic carbocycles. The van der Waals surface area contributed by atoms with Crippen molar-refractivity contribution in [1.82, 2.24) is 5.01 Å². The average Bonchev–Trinajstić information content (AvgIpc) is 2.64. The number of rotatable bonds is 2. The molecule has 0 amide bonds. The first kappa shape index (κ1) is 13.5. The van der Waals surface area contributed by atoms with Gasteiger partial charge in [-0.15, -0.1) is 6.42 Å². The van der Waals surface area contributed by atoms with Crippen LogP contribution in [0.2, 0.25) is 0 Å². The molecule has 0 aromatic rings. The van der Waals surface area contributed by atoms with Crippen LogP contribution in [-0.2, 0) is 4.74 Å². The lowest BCUT2D eigenvalue weighted by atomic mass is 9.97. The fraction of sp³-hybridized carbons (Fsp3) is 0.455. The van der Waals surface area contributed by atoms with Gasteiger partial charge in [0.15, 0.2) is 11.8 Å². The summed E-state index contributed by atoms with van der Waals surface area (Å²) in [5, 5.41) is 34.2. The van der Waals surface area contributed by atoms with E-state index in [1.54, 1.807) is 0 Å². The second kappa shape index (κ2) is 4.64. The molecule has 0 bridgehead atoms. The predicted octanol–water partition coefficient (Wildman–Crippen LogP) is -2.44. The van der Waals surface area contributed by atoms with Crippen LogP contribution in [0.4, 0.5) is 0 Å². The molecule has 0 aromatic heterocycles. The zero-order valence-corrected chi connectivity index (χ0v) is 9.97. The highest BCUT2D eigenvalue weighted by molar-refractivity contribution is 6.29. The Kier molecular flexibility index (Phi) is 3.30. The number of nitrogens with two attached hydrogens (primary N) is 1. The van der Waals surface area contributed by atoms with Gasteiger partial charge < -0.3 is 25.8 Å². The van der Waals surface area contributed by atoms with Crippen molar-refractivity contribution >= 4 is 12.1 Å². The van der Waals surface area contributed by atoms with Crippen molar-refractivity contribution in [1.29, 1.82) is 0 Å². The van der Waals surface area contributed by atoms with Crippen LogP contribution < -0.4 is 5.73 Å². The normalized spacial score (nSPS) is 38.2. The molecule has 8 nitrogen and oxygen atoms in total. The van der Waals surface area contributed by atoms with E-state index in [1.807, 2.05) is 0 Å². The van der Waals surface area contributed by atoms with E-state index in [0.29, 0.717) is 0 Å². The highest BCUT2D eigenvalue weighted by atomic mass is 16.6. The fourth-order valence-corrected chi connectivity index (χ4v) is 1.91. The van der Waals surface area contributed by atoms with Gasteiger partial charge in [0.25, 0.3) is 0 Å². The predicted molar refractivity (Wildman–Crippen MR) is 66.6 cm³/mol. The molecular formula is C11H14N4O4. The third kappa shape index (κ3) is 1.98. The molecule has 2 rings (SSSR count). The maximum atomic E-state index is 9.97. The van der Waals surface area contributed by atoms with Crippen LogP contribution in [0.5, 0.6) is 0 Å². The molecule has 0 spiro atoms. The SMILES string of the molecule is C#CC1(CO)OC(N2N=CC(N)=NC2=C)C(O)C1O. The minimum atomic E-state index is -1.69. The van der Waals surface area contributed by atoms with Crippen molar-refractivity contribution in [2.45, 2.75) is 24.0 Å². The number of terminal acetylenes is 1. The van der Waals surface area contributed by atoms with Crippen LogP contribution in [0.3, 0.4) is 0 Å². The summed E-state index contributed by atoms with van der Waals surface area (Å²) in [6, 6.07) is 0. The summed E-state index contributed by atoms with van der Waals surface area (Å²) in [7, 11) is 0. The first-order valence-electron chi connectivity index (χ1n) is 5.44. The molecule has 4 atom stereocenters. The van der Waals surface area contributed by atoms with Crippen LogP contribution in [-0.4, -0.2) is 63.0 Å². The summed E-state index contributed by atoms with van der Waals surface area (Å²) in [6.45, 7) is 2.96. The van der Waals surface area contributed by atoms with Crippen LogP contribution >= 0.6 is 0 Å². The Bertz CT molecular complexity index is 497. The maximum Gasteiger partial charge on any atom is 0.183 e. The number of aliphatic imine (C=N–C) groups is 1. The lowest BCUT2D eigenvalue weighted by Crippen LogP contribution is -2.45. The topological polar surface area (TPSA) is 124 Å². The summed E-state index contributed by atoms with van der Waals surface area (Å²) in [6.07, 6.45) is 2.53. The fourth-order valence-electron chi connectivity index (χ4n) is 1.91. The molecule has 2 heterocycles. The van der Waals surface area contributed by atoms with Crippen LogP contribution in [0.25, 0.3) is 0 Å². The van der Waals surface area contributed by atoms with Crippen LogP contribution in [0.15, 0.2) is 22.5 Å². The third-order valence-electron chi connectivity index (χ3n) is 2.98. The average molecular weight is 266 g/mol. The van der Waals surface area contributed by atoms with Gasteiger partial charge in [-0.2, -0.15) is 5.10 Å². The maximum absolute atomic E-state index is 9.97. The Labute approximate surface area is 109 Å². The number of aliphatic hydroxyl groups excluding tert-OH is 3. The molecule has 19 heavy (non-hydrogen) atoms. The first-order valence-corrected chi connectivity index (χ1v) is 5.44. The van der Waals surface area contributed by atoms with Crippen LogP contribution in [0.1, 0.15) is 0 Å². The van der Waals surface area contributed by atoms with Crippen molar-refractivity contribution < 1.29 is 20.1 Å². The van der Waals surface area contributed by atoms with Crippen molar-refractivity contribution in [3.05, 3.63) is 12.4 Å². The summed E-state index contributed by atoms with van der Waals surface area (Å²) in [4.78, 5) is 3.86. The second-order valence-corrected chi connectivity index (χ2v) is 4.18. The van der Waals surface area contributed by atoms with Gasteiger partial charge >= 0.3 is 0 Å². The zero-order valence-electron chi connectivity index (χ0n) is 9.97. The number of hydrazone groups is 1. The molecule has 8 heteroatoms. The third-order valence-corrected chi connectivity index (χ3v) is 2.98. The van der Waals surface area contributed by atoms with E-state index < -0.39 is 30.6 Å². The van der Waals surface area contributed by atoms with E-state index in [0.717, 1.165) is 5.01 Å². The highest BCUT2D eigenvalue weighted by Crippen LogP contribution is 2.34. The minimum absolute atomic E-state index is 0.127. The monoisotopic (exact) mass is 266 g/mol. The molecule has 4 unspecified atom stereocenters. The van der Waals surface area contributed by atoms with Gasteiger partial charge in [0.1, 0.15) is 23.9 Å². The minimum Gasteiger partial charge on any atom is -0.392 e. The van der Waals surface area contributed by atoms with E-state index in [9.17, 15) is 15.3 Å². The quantitative estimate of drug-likeness (QED) is 0.412. The van der Waals surface area contributed by atoms with Crippen molar-refractivity contribution in [3.8, 4) is 12.3 Å². The van der Waals surface area contributed by atoms with E-state index in [-0.39, 0.29) is 11.7 Å². The molecule has 1 saturated heterocycles. The van der Waals surface area contributed by atoms with Gasteiger partial charge in [0.2, 0.25) is 0 Å². The van der Waals surface area contributed by atoms with Crippen molar-refractivity contribution in [2.24, 2.45) is 15.8 Å². The molecule has 1 fully saturated rings. The smallest absolute Gasteiger partial charge is 0.183 e. The Balaban J connectivity index is 2.27. The number of aliphatic hydroxyl groups is 3.